The lowest BCUT2D eigenvalue weighted by molar-refractivity contribution is -0.643. The van der Waals surface area contributed by atoms with Gasteiger partial charge in [0.2, 0.25) is 11.1 Å². The lowest BCUT2D eigenvalue weighted by Gasteiger charge is -2.16. The smallest absolute Gasteiger partial charge is 0.231 e. The van der Waals surface area contributed by atoms with Crippen LogP contribution >= 0.6 is 0 Å². The maximum absolute atomic E-state index is 7.73. The van der Waals surface area contributed by atoms with Crippen LogP contribution in [0.1, 0.15) is 30.5 Å². The Balaban J connectivity index is 1.78. The highest BCUT2D eigenvalue weighted by Crippen LogP contribution is 2.44. The van der Waals surface area contributed by atoms with Crippen molar-refractivity contribution in [3.8, 4) is 11.1 Å². The van der Waals surface area contributed by atoms with Crippen molar-refractivity contribution in [3.63, 3.8) is 0 Å². The second kappa shape index (κ2) is 7.79. The van der Waals surface area contributed by atoms with E-state index in [1.165, 1.54) is 76.8 Å². The van der Waals surface area contributed by atoms with E-state index < -0.39 is 5.54 Å². The van der Waals surface area contributed by atoms with Crippen molar-refractivity contribution in [2.45, 2.75) is 39.7 Å². The molecule has 0 unspecified atom stereocenters. The highest BCUT2D eigenvalue weighted by atomic mass is 15.0. The third-order valence-electron chi connectivity index (χ3n) is 8.37. The summed E-state index contributed by atoms with van der Waals surface area (Å²) in [7, 11) is 2.16. The number of aromatic nitrogens is 2. The van der Waals surface area contributed by atoms with Gasteiger partial charge in [-0.05, 0) is 65.3 Å². The number of rotatable bonds is 3. The van der Waals surface area contributed by atoms with Gasteiger partial charge < -0.3 is 9.25 Å². The lowest BCUT2D eigenvalue weighted by Crippen LogP contribution is -2.29. The summed E-state index contributed by atoms with van der Waals surface area (Å²) in [5.74, 6) is 0. The van der Waals surface area contributed by atoms with Crippen LogP contribution in [-0.2, 0) is 13.5 Å². The molecule has 0 bridgehead atoms. The predicted octanol–water partition coefficient (Wildman–Crippen LogP) is 8.34. The molecule has 0 saturated heterocycles. The van der Waals surface area contributed by atoms with Gasteiger partial charge >= 0.3 is 0 Å². The third kappa shape index (κ3) is 3.04. The highest BCUT2D eigenvalue weighted by Gasteiger charge is 2.28. The van der Waals surface area contributed by atoms with Gasteiger partial charge in [0.05, 0.1) is 33.7 Å². The number of pyridine rings is 2. The first-order valence-corrected chi connectivity index (χ1v) is 13.3. The molecule has 7 aromatic rings. The van der Waals surface area contributed by atoms with E-state index in [9.17, 15) is 0 Å². The summed E-state index contributed by atoms with van der Waals surface area (Å²) in [6, 6.07) is 26.7. The zero-order chi connectivity index (χ0) is 26.3. The van der Waals surface area contributed by atoms with E-state index in [-0.39, 0.29) is 0 Å². The van der Waals surface area contributed by atoms with Gasteiger partial charge in [0.25, 0.3) is 0 Å². The van der Waals surface area contributed by atoms with E-state index in [0.29, 0.717) is 6.42 Å². The van der Waals surface area contributed by atoms with Gasteiger partial charge in [0.15, 0.2) is 6.20 Å². The van der Waals surface area contributed by atoms with Crippen LogP contribution < -0.4 is 4.57 Å². The topological polar surface area (TPSA) is 12.7 Å². The molecular weight excluding hydrogens is 462 g/mol. The Morgan fingerprint density at radius 2 is 1.66 bits per heavy atom. The van der Waals surface area contributed by atoms with E-state index >= 15 is 0 Å². The molecular formula is C35H30N3+. The molecule has 0 N–H and O–H groups in total. The standard InChI is InChI=1S/C35H30N3/c1-21-17-27-32-26(24-11-8-7-9-12-24)13-10-14-28(32)38-29-19-23(20-35(3,4)36-5)18-25-15-16-37(6)34(31(25)29)30(22(21)2)33(27)38/h7-19H,20H2,1-4,6H3/q+1. The monoisotopic (exact) mass is 492 g/mol. The van der Waals surface area contributed by atoms with Crippen molar-refractivity contribution in [2.75, 3.05) is 0 Å². The number of hydrogen-bond donors (Lipinski definition) is 0. The number of nitrogens with zero attached hydrogens (tertiary/aromatic N) is 3. The van der Waals surface area contributed by atoms with Crippen LogP contribution in [0.15, 0.2) is 79.0 Å². The lowest BCUT2D eigenvalue weighted by atomic mass is 9.92. The van der Waals surface area contributed by atoms with Gasteiger partial charge in [-0.2, -0.15) is 0 Å². The molecule has 7 rings (SSSR count). The van der Waals surface area contributed by atoms with Crippen molar-refractivity contribution >= 4 is 49.0 Å². The van der Waals surface area contributed by atoms with Gasteiger partial charge in [0.1, 0.15) is 7.05 Å². The summed E-state index contributed by atoms with van der Waals surface area (Å²) in [4.78, 5) is 3.92. The Labute approximate surface area is 222 Å². The maximum atomic E-state index is 7.73. The largest absolute Gasteiger partial charge is 0.311 e. The summed E-state index contributed by atoms with van der Waals surface area (Å²) >= 11 is 0. The van der Waals surface area contributed by atoms with Crippen molar-refractivity contribution in [3.05, 3.63) is 107 Å². The summed E-state index contributed by atoms with van der Waals surface area (Å²) < 4.78 is 4.79. The number of fused-ring (bicyclic) bond motifs is 5. The normalized spacial score (nSPS) is 12.4. The number of hydrogen-bond acceptors (Lipinski definition) is 0. The molecule has 0 aliphatic rings. The summed E-state index contributed by atoms with van der Waals surface area (Å²) in [5, 5.41) is 6.43. The first-order valence-electron chi connectivity index (χ1n) is 13.3. The zero-order valence-electron chi connectivity index (χ0n) is 22.6. The van der Waals surface area contributed by atoms with E-state index in [2.05, 4.69) is 114 Å². The van der Waals surface area contributed by atoms with Crippen LogP contribution in [0.2, 0.25) is 0 Å². The average Bonchev–Trinajstić information content (AvgIpc) is 3.24. The summed E-state index contributed by atoms with van der Waals surface area (Å²) in [6.45, 7) is 16.3. The molecule has 0 fully saturated rings. The Hall–Kier alpha value is -4.42. The van der Waals surface area contributed by atoms with Crippen molar-refractivity contribution in [1.82, 2.24) is 4.40 Å². The van der Waals surface area contributed by atoms with Gasteiger partial charge in [-0.25, -0.2) is 11.1 Å². The van der Waals surface area contributed by atoms with Crippen LogP contribution in [-0.4, -0.2) is 9.94 Å². The van der Waals surface area contributed by atoms with E-state index in [1.54, 1.807) is 0 Å². The maximum Gasteiger partial charge on any atom is 0.231 e. The van der Waals surface area contributed by atoms with Crippen molar-refractivity contribution in [1.29, 1.82) is 0 Å². The second-order valence-electron chi connectivity index (χ2n) is 11.4. The molecule has 0 aliphatic heterocycles. The highest BCUT2D eigenvalue weighted by molar-refractivity contribution is 6.28. The molecule has 3 aromatic heterocycles. The van der Waals surface area contributed by atoms with Crippen molar-refractivity contribution in [2.24, 2.45) is 7.05 Å². The zero-order valence-corrected chi connectivity index (χ0v) is 22.6. The molecule has 0 amide bonds. The predicted molar refractivity (Wildman–Crippen MR) is 159 cm³/mol. The van der Waals surface area contributed by atoms with Crippen LogP contribution in [0, 0.1) is 20.4 Å². The second-order valence-corrected chi connectivity index (χ2v) is 11.4. The molecule has 38 heavy (non-hydrogen) atoms. The molecule has 4 aromatic carbocycles. The van der Waals surface area contributed by atoms with Gasteiger partial charge in [0, 0.05) is 30.7 Å². The molecule has 3 nitrogen and oxygen atoms in total. The van der Waals surface area contributed by atoms with Gasteiger partial charge in [-0.15, -0.1) is 0 Å². The van der Waals surface area contributed by atoms with E-state index in [4.69, 9.17) is 6.57 Å². The third-order valence-corrected chi connectivity index (χ3v) is 8.37. The Morgan fingerprint density at radius 3 is 2.42 bits per heavy atom. The molecule has 0 radical (unpaired) electrons. The quantitative estimate of drug-likeness (QED) is 0.102. The molecule has 184 valence electrons. The SMILES string of the molecule is [C-]#[N+]C(C)(C)Cc1cc2cc[n+](C)c3c4c(C)c(C)cc5c6c(-c7ccccc7)cccc6n(c(c1)c23)c54. The van der Waals surface area contributed by atoms with E-state index in [1.807, 2.05) is 13.8 Å². The Morgan fingerprint density at radius 1 is 0.868 bits per heavy atom. The van der Waals surface area contributed by atoms with Gasteiger partial charge in [-0.1, -0.05) is 48.5 Å². The van der Waals surface area contributed by atoms with Crippen molar-refractivity contribution < 1.29 is 4.57 Å². The Bertz CT molecular complexity index is 2100. The fourth-order valence-corrected chi connectivity index (χ4v) is 6.51. The fraction of sp³-hybridized carbons (Fsp3) is 0.200. The van der Waals surface area contributed by atoms with Gasteiger partial charge in [-0.3, -0.25) is 0 Å². The summed E-state index contributed by atoms with van der Waals surface area (Å²) in [5.41, 5.74) is 10.9. The first kappa shape index (κ1) is 22.8. The molecule has 0 aliphatic carbocycles. The number of aryl methyl sites for hydroxylation is 3. The minimum absolute atomic E-state index is 0.447. The molecule has 0 atom stereocenters. The van der Waals surface area contributed by atoms with E-state index in [0.717, 1.165) is 0 Å². The minimum atomic E-state index is -0.447. The van der Waals surface area contributed by atoms with Crippen LogP contribution in [0.4, 0.5) is 0 Å². The molecule has 3 heterocycles. The average molecular weight is 493 g/mol. The molecule has 3 heteroatoms. The first-order chi connectivity index (χ1) is 18.3. The molecule has 0 spiro atoms. The summed E-state index contributed by atoms with van der Waals surface area (Å²) in [6.07, 6.45) is 2.90. The van der Waals surface area contributed by atoms with Crippen LogP contribution in [0.3, 0.4) is 0 Å². The van der Waals surface area contributed by atoms with Crippen LogP contribution in [0.25, 0.3) is 65.0 Å². The fourth-order valence-electron chi connectivity index (χ4n) is 6.51. The minimum Gasteiger partial charge on any atom is -0.311 e. The Kier molecular flexibility index (Phi) is 4.66. The van der Waals surface area contributed by atoms with Crippen LogP contribution in [0.5, 0.6) is 0 Å². The number of benzene rings is 4. The molecule has 0 saturated carbocycles.